The average Bonchev–Trinajstić information content (AvgIpc) is 2.75. The van der Waals surface area contributed by atoms with Gasteiger partial charge in [-0.2, -0.15) is 0 Å². The summed E-state index contributed by atoms with van der Waals surface area (Å²) >= 11 is 0. The number of carbonyl (C=O) groups excluding carboxylic acids is 1. The summed E-state index contributed by atoms with van der Waals surface area (Å²) in [6, 6.07) is 7.44. The smallest absolute Gasteiger partial charge is 0.257 e. The maximum Gasteiger partial charge on any atom is 0.257 e. The lowest BCUT2D eigenvalue weighted by atomic mass is 9.83. The van der Waals surface area contributed by atoms with Gasteiger partial charge in [0.05, 0.1) is 30.6 Å². The van der Waals surface area contributed by atoms with E-state index in [1.807, 2.05) is 36.1 Å². The highest BCUT2D eigenvalue weighted by molar-refractivity contribution is 5.97. The first-order valence-electron chi connectivity index (χ1n) is 10.3. The van der Waals surface area contributed by atoms with Crippen LogP contribution in [0.3, 0.4) is 0 Å². The Bertz CT molecular complexity index is 822. The molecule has 2 aliphatic heterocycles. The molecule has 2 aromatic rings. The van der Waals surface area contributed by atoms with Gasteiger partial charge < -0.3 is 19.1 Å². The van der Waals surface area contributed by atoms with Gasteiger partial charge in [-0.25, -0.2) is 4.98 Å². The van der Waals surface area contributed by atoms with Crippen LogP contribution in [0.4, 0.5) is 0 Å². The Hall–Kier alpha value is -2.67. The molecule has 2 saturated heterocycles. The van der Waals surface area contributed by atoms with Crippen molar-refractivity contribution >= 4 is 5.91 Å². The van der Waals surface area contributed by atoms with E-state index in [1.165, 1.54) is 0 Å². The summed E-state index contributed by atoms with van der Waals surface area (Å²) in [5.74, 6) is 1.22. The summed E-state index contributed by atoms with van der Waals surface area (Å²) in [6.45, 7) is 4.45. The molecule has 1 amide bonds. The maximum absolute atomic E-state index is 13.0. The summed E-state index contributed by atoms with van der Waals surface area (Å²) in [5, 5.41) is 0. The van der Waals surface area contributed by atoms with Crippen molar-refractivity contribution in [1.82, 2.24) is 14.9 Å². The quantitative estimate of drug-likeness (QED) is 0.772. The molecule has 154 valence electrons. The van der Waals surface area contributed by atoms with E-state index < -0.39 is 0 Å². The number of para-hydroxylation sites is 1. The van der Waals surface area contributed by atoms with Crippen molar-refractivity contribution in [3.05, 3.63) is 48.4 Å². The number of benzene rings is 1. The predicted molar refractivity (Wildman–Crippen MR) is 107 cm³/mol. The van der Waals surface area contributed by atoms with Crippen LogP contribution in [0.2, 0.25) is 0 Å². The number of carbonyl (C=O) groups is 1. The second-order valence-electron chi connectivity index (χ2n) is 7.53. The monoisotopic (exact) mass is 397 g/mol. The Balaban J connectivity index is 1.38. The molecule has 3 heterocycles. The second-order valence-corrected chi connectivity index (χ2v) is 7.53. The van der Waals surface area contributed by atoms with Gasteiger partial charge in [0.25, 0.3) is 5.91 Å². The van der Waals surface area contributed by atoms with Crippen molar-refractivity contribution in [2.45, 2.75) is 44.3 Å². The van der Waals surface area contributed by atoms with Crippen LogP contribution in [-0.2, 0) is 4.74 Å². The van der Waals surface area contributed by atoms with E-state index in [1.54, 1.807) is 18.6 Å². The van der Waals surface area contributed by atoms with E-state index >= 15 is 0 Å². The molecule has 7 heteroatoms. The van der Waals surface area contributed by atoms with Crippen molar-refractivity contribution in [2.75, 3.05) is 26.3 Å². The van der Waals surface area contributed by atoms with Gasteiger partial charge in [0.15, 0.2) is 0 Å². The highest BCUT2D eigenvalue weighted by Gasteiger charge is 2.42. The lowest BCUT2D eigenvalue weighted by Gasteiger charge is -2.45. The minimum atomic E-state index is -0.235. The van der Waals surface area contributed by atoms with E-state index in [-0.39, 0.29) is 17.6 Å². The molecule has 1 unspecified atom stereocenters. The largest absolute Gasteiger partial charge is 0.493 e. The highest BCUT2D eigenvalue weighted by atomic mass is 16.5. The summed E-state index contributed by atoms with van der Waals surface area (Å²) in [6.07, 6.45) is 8.21. The third-order valence-electron chi connectivity index (χ3n) is 5.65. The topological polar surface area (TPSA) is 73.8 Å². The summed E-state index contributed by atoms with van der Waals surface area (Å²) < 4.78 is 17.8. The average molecular weight is 397 g/mol. The van der Waals surface area contributed by atoms with Crippen molar-refractivity contribution in [2.24, 2.45) is 0 Å². The van der Waals surface area contributed by atoms with Gasteiger partial charge in [0.1, 0.15) is 11.9 Å². The van der Waals surface area contributed by atoms with Crippen LogP contribution in [0.1, 0.15) is 43.0 Å². The van der Waals surface area contributed by atoms with Crippen LogP contribution in [0.5, 0.6) is 11.6 Å². The molecule has 1 aromatic carbocycles. The van der Waals surface area contributed by atoms with Crippen LogP contribution in [0.25, 0.3) is 0 Å². The fourth-order valence-electron chi connectivity index (χ4n) is 4.16. The SMILES string of the molecule is CCOc1ccccc1C(=O)N1CCC2(CC1)CC(Oc1cnccn1)CCO2. The lowest BCUT2D eigenvalue weighted by molar-refractivity contribution is -0.135. The lowest BCUT2D eigenvalue weighted by Crippen LogP contribution is -2.52. The Morgan fingerprint density at radius 1 is 1.28 bits per heavy atom. The van der Waals surface area contributed by atoms with Gasteiger partial charge in [-0.15, -0.1) is 0 Å². The molecule has 29 heavy (non-hydrogen) atoms. The fraction of sp³-hybridized carbons (Fsp3) is 0.500. The van der Waals surface area contributed by atoms with Crippen molar-refractivity contribution in [3.8, 4) is 11.6 Å². The van der Waals surface area contributed by atoms with E-state index in [2.05, 4.69) is 9.97 Å². The van der Waals surface area contributed by atoms with Crippen LogP contribution in [0, 0.1) is 0 Å². The number of piperidine rings is 1. The number of hydrogen-bond donors (Lipinski definition) is 0. The Morgan fingerprint density at radius 2 is 2.10 bits per heavy atom. The van der Waals surface area contributed by atoms with Crippen LogP contribution < -0.4 is 9.47 Å². The third kappa shape index (κ3) is 4.50. The molecule has 2 fully saturated rings. The van der Waals surface area contributed by atoms with Crippen molar-refractivity contribution < 1.29 is 19.0 Å². The van der Waals surface area contributed by atoms with Gasteiger partial charge in [-0.05, 0) is 31.9 Å². The van der Waals surface area contributed by atoms with Crippen LogP contribution in [-0.4, -0.2) is 58.8 Å². The molecule has 0 N–H and O–H groups in total. The molecule has 7 nitrogen and oxygen atoms in total. The number of nitrogens with zero attached hydrogens (tertiary/aromatic N) is 3. The molecule has 2 aliphatic rings. The maximum atomic E-state index is 13.0. The number of rotatable bonds is 5. The molecule has 1 atom stereocenters. The normalized spacial score (nSPS) is 21.0. The molecule has 4 rings (SSSR count). The molecular formula is C22H27N3O4. The minimum Gasteiger partial charge on any atom is -0.493 e. The van der Waals surface area contributed by atoms with E-state index in [0.29, 0.717) is 43.5 Å². The predicted octanol–water partition coefficient (Wildman–Crippen LogP) is 3.11. The summed E-state index contributed by atoms with van der Waals surface area (Å²) in [4.78, 5) is 23.2. The Morgan fingerprint density at radius 3 is 2.86 bits per heavy atom. The van der Waals surface area contributed by atoms with Gasteiger partial charge >= 0.3 is 0 Å². The van der Waals surface area contributed by atoms with Gasteiger partial charge in [0.2, 0.25) is 5.88 Å². The first kappa shape index (κ1) is 19.6. The summed E-state index contributed by atoms with van der Waals surface area (Å²) in [5.41, 5.74) is 0.389. The van der Waals surface area contributed by atoms with E-state index in [4.69, 9.17) is 14.2 Å². The first-order chi connectivity index (χ1) is 14.2. The fourth-order valence-corrected chi connectivity index (χ4v) is 4.16. The zero-order chi connectivity index (χ0) is 20.1. The Labute approximate surface area is 171 Å². The third-order valence-corrected chi connectivity index (χ3v) is 5.65. The minimum absolute atomic E-state index is 0.0204. The van der Waals surface area contributed by atoms with Gasteiger partial charge in [-0.3, -0.25) is 9.78 Å². The number of ether oxygens (including phenoxy) is 3. The van der Waals surface area contributed by atoms with Crippen molar-refractivity contribution in [3.63, 3.8) is 0 Å². The number of likely N-dealkylation sites (tertiary alicyclic amines) is 1. The number of aromatic nitrogens is 2. The van der Waals surface area contributed by atoms with Crippen molar-refractivity contribution in [1.29, 1.82) is 0 Å². The van der Waals surface area contributed by atoms with E-state index in [9.17, 15) is 4.79 Å². The number of amides is 1. The molecule has 0 bridgehead atoms. The number of hydrogen-bond acceptors (Lipinski definition) is 6. The molecule has 0 aliphatic carbocycles. The molecular weight excluding hydrogens is 370 g/mol. The molecule has 0 saturated carbocycles. The summed E-state index contributed by atoms with van der Waals surface area (Å²) in [7, 11) is 0. The van der Waals surface area contributed by atoms with Gasteiger partial charge in [-0.1, -0.05) is 12.1 Å². The molecule has 1 spiro atoms. The van der Waals surface area contributed by atoms with Gasteiger partial charge in [0, 0.05) is 38.3 Å². The second kappa shape index (κ2) is 8.78. The standard InChI is InChI=1S/C22H27N3O4/c1-2-27-19-6-4-3-5-18(19)21(26)25-12-8-22(9-13-25)15-17(7-14-28-22)29-20-16-23-10-11-24-20/h3-6,10-11,16-17H,2,7-9,12-15H2,1H3. The molecule has 0 radical (unpaired) electrons. The van der Waals surface area contributed by atoms with Crippen LogP contribution in [0.15, 0.2) is 42.9 Å². The van der Waals surface area contributed by atoms with Crippen LogP contribution >= 0.6 is 0 Å². The molecule has 1 aromatic heterocycles. The zero-order valence-electron chi connectivity index (χ0n) is 16.8. The first-order valence-corrected chi connectivity index (χ1v) is 10.3. The Kier molecular flexibility index (Phi) is 5.94. The zero-order valence-corrected chi connectivity index (χ0v) is 16.8. The highest BCUT2D eigenvalue weighted by Crippen LogP contribution is 2.37. The van der Waals surface area contributed by atoms with E-state index in [0.717, 1.165) is 25.7 Å².